The monoisotopic (exact) mass is 469 g/mol. The van der Waals surface area contributed by atoms with Crippen LogP contribution in [0.25, 0.3) is 16.6 Å². The van der Waals surface area contributed by atoms with Crippen LogP contribution in [0.1, 0.15) is 5.82 Å². The Morgan fingerprint density at radius 1 is 1.14 bits per heavy atom. The van der Waals surface area contributed by atoms with Crippen LogP contribution in [0, 0.1) is 0 Å². The fourth-order valence-electron chi connectivity index (χ4n) is 2.97. The standard InChI is InChI=1S/C20H16BrN5O2S/c21-13-5-7-14(8-6-13)25-10-9-23-20(25)29-12-18-24-16-4-2-1-3-15(16)19(28)26(18)11-17(22)27/h1-10H,11-12H2,(H2,22,27). The highest BCUT2D eigenvalue weighted by Gasteiger charge is 2.14. The van der Waals surface area contributed by atoms with Crippen LogP contribution in [0.4, 0.5) is 0 Å². The number of thioether (sulfide) groups is 1. The van der Waals surface area contributed by atoms with Gasteiger partial charge in [0, 0.05) is 22.6 Å². The lowest BCUT2D eigenvalue weighted by Gasteiger charge is -2.12. The van der Waals surface area contributed by atoms with Gasteiger partial charge in [-0.25, -0.2) is 9.97 Å². The van der Waals surface area contributed by atoms with Gasteiger partial charge in [-0.2, -0.15) is 0 Å². The van der Waals surface area contributed by atoms with Crippen LogP contribution >= 0.6 is 27.7 Å². The first-order valence-electron chi connectivity index (χ1n) is 8.72. The van der Waals surface area contributed by atoms with Crippen LogP contribution in [0.5, 0.6) is 0 Å². The molecule has 0 saturated carbocycles. The number of halogens is 1. The van der Waals surface area contributed by atoms with Crippen molar-refractivity contribution in [3.05, 3.63) is 81.6 Å². The number of hydrogen-bond donors (Lipinski definition) is 1. The normalized spacial score (nSPS) is 11.1. The van der Waals surface area contributed by atoms with Gasteiger partial charge in [0.15, 0.2) is 5.16 Å². The zero-order chi connectivity index (χ0) is 20.4. The van der Waals surface area contributed by atoms with Gasteiger partial charge >= 0.3 is 0 Å². The molecule has 4 aromatic rings. The number of amides is 1. The third-order valence-electron chi connectivity index (χ3n) is 4.30. The van der Waals surface area contributed by atoms with Gasteiger partial charge in [-0.15, -0.1) is 0 Å². The summed E-state index contributed by atoms with van der Waals surface area (Å²) in [5.41, 5.74) is 6.63. The fourth-order valence-corrected chi connectivity index (χ4v) is 4.15. The minimum atomic E-state index is -0.591. The van der Waals surface area contributed by atoms with Gasteiger partial charge < -0.3 is 5.73 Å². The van der Waals surface area contributed by atoms with Crippen molar-refractivity contribution in [1.82, 2.24) is 19.1 Å². The molecule has 0 spiro atoms. The zero-order valence-electron chi connectivity index (χ0n) is 15.2. The molecule has 2 aromatic heterocycles. The van der Waals surface area contributed by atoms with E-state index in [9.17, 15) is 9.59 Å². The minimum Gasteiger partial charge on any atom is -0.368 e. The molecule has 0 bridgehead atoms. The molecule has 4 rings (SSSR count). The van der Waals surface area contributed by atoms with E-state index in [1.807, 2.05) is 41.1 Å². The van der Waals surface area contributed by atoms with Gasteiger partial charge in [0.25, 0.3) is 5.56 Å². The first-order chi connectivity index (χ1) is 14.0. The molecule has 9 heteroatoms. The number of nitrogens with zero attached hydrogens (tertiary/aromatic N) is 4. The molecular weight excluding hydrogens is 454 g/mol. The minimum absolute atomic E-state index is 0.215. The highest BCUT2D eigenvalue weighted by atomic mass is 79.9. The third kappa shape index (κ3) is 4.10. The Morgan fingerprint density at radius 3 is 2.66 bits per heavy atom. The van der Waals surface area contributed by atoms with Crippen molar-refractivity contribution in [2.75, 3.05) is 0 Å². The topological polar surface area (TPSA) is 95.8 Å². The summed E-state index contributed by atoms with van der Waals surface area (Å²) >= 11 is 4.86. The number of aromatic nitrogens is 4. The van der Waals surface area contributed by atoms with E-state index in [4.69, 9.17) is 5.73 Å². The maximum absolute atomic E-state index is 12.8. The molecule has 7 nitrogen and oxygen atoms in total. The number of primary amides is 1. The third-order valence-corrected chi connectivity index (χ3v) is 5.79. The molecule has 2 N–H and O–H groups in total. The number of hydrogen-bond acceptors (Lipinski definition) is 5. The number of nitrogens with two attached hydrogens (primary N) is 1. The Kier molecular flexibility index (Phi) is 5.50. The van der Waals surface area contributed by atoms with Crippen LogP contribution < -0.4 is 11.3 Å². The summed E-state index contributed by atoms with van der Waals surface area (Å²) in [5, 5.41) is 1.21. The highest BCUT2D eigenvalue weighted by molar-refractivity contribution is 9.10. The first kappa shape index (κ1) is 19.4. The van der Waals surface area contributed by atoms with E-state index in [1.54, 1.807) is 24.4 Å². The SMILES string of the molecule is NC(=O)Cn1c(CSc2nccn2-c2ccc(Br)cc2)nc2ccccc2c1=O. The van der Waals surface area contributed by atoms with E-state index < -0.39 is 5.91 Å². The summed E-state index contributed by atoms with van der Waals surface area (Å²) in [5.74, 6) is 0.246. The Hall–Kier alpha value is -2.91. The van der Waals surface area contributed by atoms with Gasteiger partial charge in [0.05, 0.1) is 16.7 Å². The molecule has 1 amide bonds. The van der Waals surface area contributed by atoms with Crippen molar-refractivity contribution < 1.29 is 4.79 Å². The van der Waals surface area contributed by atoms with Gasteiger partial charge in [-0.1, -0.05) is 39.8 Å². The number of imidazole rings is 1. The Labute approximate surface area is 178 Å². The average Bonchev–Trinajstić information content (AvgIpc) is 3.18. The average molecular weight is 470 g/mol. The van der Waals surface area contributed by atoms with E-state index in [1.165, 1.54) is 16.3 Å². The maximum atomic E-state index is 12.8. The number of fused-ring (bicyclic) bond motifs is 1. The maximum Gasteiger partial charge on any atom is 0.261 e. The Morgan fingerprint density at radius 2 is 1.90 bits per heavy atom. The van der Waals surface area contributed by atoms with Crippen molar-refractivity contribution in [2.24, 2.45) is 5.73 Å². The molecule has 0 saturated heterocycles. The first-order valence-corrected chi connectivity index (χ1v) is 10.5. The summed E-state index contributed by atoms with van der Waals surface area (Å²) in [6.07, 6.45) is 3.59. The number of carbonyl (C=O) groups excluding carboxylic acids is 1. The van der Waals surface area contributed by atoms with Crippen LogP contribution in [0.2, 0.25) is 0 Å². The summed E-state index contributed by atoms with van der Waals surface area (Å²) in [6, 6.07) is 14.9. The molecule has 0 radical (unpaired) electrons. The molecule has 29 heavy (non-hydrogen) atoms. The molecule has 0 aliphatic rings. The fraction of sp³-hybridized carbons (Fsp3) is 0.100. The number of carbonyl (C=O) groups is 1. The molecule has 0 unspecified atom stereocenters. The van der Waals surface area contributed by atoms with Gasteiger partial charge in [-0.3, -0.25) is 18.7 Å². The molecule has 2 heterocycles. The second-order valence-corrected chi connectivity index (χ2v) is 8.11. The van der Waals surface area contributed by atoms with Crippen molar-refractivity contribution >= 4 is 44.5 Å². The largest absolute Gasteiger partial charge is 0.368 e. The zero-order valence-corrected chi connectivity index (χ0v) is 17.6. The van der Waals surface area contributed by atoms with E-state index in [0.29, 0.717) is 22.5 Å². The van der Waals surface area contributed by atoms with E-state index in [-0.39, 0.29) is 12.1 Å². The van der Waals surface area contributed by atoms with Gasteiger partial charge in [-0.05, 0) is 36.4 Å². The number of rotatable bonds is 6. The van der Waals surface area contributed by atoms with Crippen LogP contribution in [0.15, 0.2) is 75.3 Å². The lowest BCUT2D eigenvalue weighted by Crippen LogP contribution is -2.31. The molecule has 146 valence electrons. The van der Waals surface area contributed by atoms with E-state index in [0.717, 1.165) is 15.3 Å². The lowest BCUT2D eigenvalue weighted by molar-refractivity contribution is -0.118. The van der Waals surface area contributed by atoms with Crippen molar-refractivity contribution in [2.45, 2.75) is 17.5 Å². The molecule has 0 fully saturated rings. The lowest BCUT2D eigenvalue weighted by atomic mass is 10.2. The summed E-state index contributed by atoms with van der Waals surface area (Å²) in [4.78, 5) is 33.4. The summed E-state index contributed by atoms with van der Waals surface area (Å²) in [7, 11) is 0. The van der Waals surface area contributed by atoms with Crippen molar-refractivity contribution in [3.63, 3.8) is 0 Å². The predicted molar refractivity (Wildman–Crippen MR) is 116 cm³/mol. The van der Waals surface area contributed by atoms with Crippen LogP contribution in [-0.4, -0.2) is 25.0 Å². The number of para-hydroxylation sites is 1. The van der Waals surface area contributed by atoms with E-state index in [2.05, 4.69) is 25.9 Å². The summed E-state index contributed by atoms with van der Waals surface area (Å²) < 4.78 is 4.28. The Balaban J connectivity index is 1.69. The van der Waals surface area contributed by atoms with Crippen molar-refractivity contribution in [1.29, 1.82) is 0 Å². The second-order valence-electron chi connectivity index (χ2n) is 6.25. The smallest absolute Gasteiger partial charge is 0.261 e. The van der Waals surface area contributed by atoms with Gasteiger partial charge in [0.1, 0.15) is 12.4 Å². The molecule has 0 aliphatic heterocycles. The number of benzene rings is 2. The second kappa shape index (κ2) is 8.22. The van der Waals surface area contributed by atoms with Crippen LogP contribution in [-0.2, 0) is 17.1 Å². The van der Waals surface area contributed by atoms with E-state index >= 15 is 0 Å². The van der Waals surface area contributed by atoms with Crippen molar-refractivity contribution in [3.8, 4) is 5.69 Å². The molecule has 2 aromatic carbocycles. The van der Waals surface area contributed by atoms with Gasteiger partial charge in [0.2, 0.25) is 5.91 Å². The molecule has 0 aliphatic carbocycles. The molecule has 0 atom stereocenters. The van der Waals surface area contributed by atoms with Crippen LogP contribution in [0.3, 0.4) is 0 Å². The summed E-state index contributed by atoms with van der Waals surface area (Å²) in [6.45, 7) is -0.215. The predicted octanol–water partition coefficient (Wildman–Crippen LogP) is 3.12. The Bertz CT molecular complexity index is 1250. The molecular formula is C20H16BrN5O2S. The quantitative estimate of drug-likeness (QED) is 0.437. The highest BCUT2D eigenvalue weighted by Crippen LogP contribution is 2.24.